The number of esters is 1. The van der Waals surface area contributed by atoms with Crippen LogP contribution in [0.5, 0.6) is 0 Å². The summed E-state index contributed by atoms with van der Waals surface area (Å²) >= 11 is 0. The summed E-state index contributed by atoms with van der Waals surface area (Å²) in [5.41, 5.74) is 0. The second kappa shape index (κ2) is 7.57. The van der Waals surface area contributed by atoms with E-state index in [2.05, 4.69) is 13.0 Å². The molecule has 0 aromatic rings. The maximum absolute atomic E-state index is 11.7. The highest BCUT2D eigenvalue weighted by Crippen LogP contribution is 2.42. The summed E-state index contributed by atoms with van der Waals surface area (Å²) in [6.07, 6.45) is 8.31. The predicted molar refractivity (Wildman–Crippen MR) is 82.1 cm³/mol. The molecule has 2 heterocycles. The first-order chi connectivity index (χ1) is 10.5. The van der Waals surface area contributed by atoms with E-state index >= 15 is 0 Å². The Morgan fingerprint density at radius 2 is 2.05 bits per heavy atom. The smallest absolute Gasteiger partial charge is 0.306 e. The molecule has 126 valence electrons. The molecule has 1 unspecified atom stereocenters. The number of carbonyl (C=O) groups excluding carboxylic acids is 1. The molecule has 0 amide bonds. The normalized spacial score (nSPS) is 33.3. The summed E-state index contributed by atoms with van der Waals surface area (Å²) in [7, 11) is 1.40. The Morgan fingerprint density at radius 1 is 1.27 bits per heavy atom. The van der Waals surface area contributed by atoms with E-state index in [9.17, 15) is 4.79 Å². The van der Waals surface area contributed by atoms with Crippen LogP contribution in [0.25, 0.3) is 0 Å². The average Bonchev–Trinajstić information content (AvgIpc) is 2.92. The first-order valence-corrected chi connectivity index (χ1v) is 8.21. The standard InChI is InChI=1S/C17H28O5/c1-5-6-7-8-9-10-13-12(11-14(18)19-4)15-16(20-13)22-17(2,3)21-15/h9-10,12-13,15-16H,5-8,11H2,1-4H3/b10-9-/t12-,13?,15-,16-/m1/s1. The predicted octanol–water partition coefficient (Wildman–Crippen LogP) is 3.18. The van der Waals surface area contributed by atoms with E-state index in [1.807, 2.05) is 19.9 Å². The lowest BCUT2D eigenvalue weighted by atomic mass is 9.94. The zero-order valence-corrected chi connectivity index (χ0v) is 14.0. The Labute approximate surface area is 132 Å². The number of fused-ring (bicyclic) bond motifs is 1. The van der Waals surface area contributed by atoms with E-state index < -0.39 is 12.1 Å². The maximum atomic E-state index is 11.7. The molecule has 2 saturated heterocycles. The lowest BCUT2D eigenvalue weighted by molar-refractivity contribution is -0.205. The topological polar surface area (TPSA) is 54.0 Å². The van der Waals surface area contributed by atoms with Gasteiger partial charge in [0.05, 0.1) is 19.6 Å². The van der Waals surface area contributed by atoms with Crippen molar-refractivity contribution in [2.75, 3.05) is 7.11 Å². The Morgan fingerprint density at radius 3 is 2.73 bits per heavy atom. The lowest BCUT2D eigenvalue weighted by Crippen LogP contribution is -2.31. The quantitative estimate of drug-likeness (QED) is 0.410. The minimum atomic E-state index is -0.667. The molecule has 0 aliphatic carbocycles. The van der Waals surface area contributed by atoms with Crippen molar-refractivity contribution in [2.24, 2.45) is 5.92 Å². The average molecular weight is 312 g/mol. The van der Waals surface area contributed by atoms with Crippen molar-refractivity contribution in [3.8, 4) is 0 Å². The summed E-state index contributed by atoms with van der Waals surface area (Å²) < 4.78 is 22.4. The molecule has 2 rings (SSSR count). The van der Waals surface area contributed by atoms with Gasteiger partial charge in [-0.1, -0.05) is 31.9 Å². The van der Waals surface area contributed by atoms with Crippen LogP contribution in [0.4, 0.5) is 0 Å². The van der Waals surface area contributed by atoms with Crippen molar-refractivity contribution in [3.63, 3.8) is 0 Å². The summed E-state index contributed by atoms with van der Waals surface area (Å²) in [4.78, 5) is 11.7. The third-order valence-electron chi connectivity index (χ3n) is 4.15. The summed E-state index contributed by atoms with van der Waals surface area (Å²) in [5, 5.41) is 0. The fourth-order valence-corrected chi connectivity index (χ4v) is 3.03. The zero-order chi connectivity index (χ0) is 16.2. The van der Waals surface area contributed by atoms with Crippen LogP contribution in [-0.4, -0.2) is 37.4 Å². The van der Waals surface area contributed by atoms with Gasteiger partial charge in [-0.25, -0.2) is 0 Å². The van der Waals surface area contributed by atoms with Gasteiger partial charge in [0.1, 0.15) is 6.10 Å². The second-order valence-corrected chi connectivity index (χ2v) is 6.44. The first kappa shape index (κ1) is 17.4. The fraction of sp³-hybridized carbons (Fsp3) is 0.824. The number of rotatable bonds is 7. The van der Waals surface area contributed by atoms with Gasteiger partial charge in [-0.15, -0.1) is 0 Å². The third kappa shape index (κ3) is 4.31. The minimum Gasteiger partial charge on any atom is -0.469 e. The number of allylic oxidation sites excluding steroid dienone is 1. The molecule has 5 nitrogen and oxygen atoms in total. The van der Waals surface area contributed by atoms with Crippen LogP contribution < -0.4 is 0 Å². The Kier molecular flexibility index (Phi) is 6.01. The number of carbonyl (C=O) groups is 1. The van der Waals surface area contributed by atoms with Gasteiger partial charge in [0, 0.05) is 5.92 Å². The number of methoxy groups -OCH3 is 1. The van der Waals surface area contributed by atoms with Gasteiger partial charge < -0.3 is 18.9 Å². The summed E-state index contributed by atoms with van der Waals surface area (Å²) in [5.74, 6) is -0.979. The van der Waals surface area contributed by atoms with Crippen molar-refractivity contribution in [3.05, 3.63) is 12.2 Å². The van der Waals surface area contributed by atoms with Crippen molar-refractivity contribution in [1.82, 2.24) is 0 Å². The number of hydrogen-bond donors (Lipinski definition) is 0. The van der Waals surface area contributed by atoms with Crippen molar-refractivity contribution < 1.29 is 23.7 Å². The van der Waals surface area contributed by atoms with Gasteiger partial charge >= 0.3 is 5.97 Å². The lowest BCUT2D eigenvalue weighted by Gasteiger charge is -2.23. The van der Waals surface area contributed by atoms with E-state index in [4.69, 9.17) is 18.9 Å². The molecule has 0 spiro atoms. The number of hydrogen-bond acceptors (Lipinski definition) is 5. The molecule has 2 aliphatic heterocycles. The molecule has 0 N–H and O–H groups in total. The van der Waals surface area contributed by atoms with Crippen molar-refractivity contribution in [1.29, 1.82) is 0 Å². The van der Waals surface area contributed by atoms with Gasteiger partial charge in [-0.05, 0) is 26.7 Å². The third-order valence-corrected chi connectivity index (χ3v) is 4.15. The van der Waals surface area contributed by atoms with Crippen LogP contribution in [0.2, 0.25) is 0 Å². The van der Waals surface area contributed by atoms with Crippen LogP contribution in [0, 0.1) is 5.92 Å². The van der Waals surface area contributed by atoms with E-state index in [-0.39, 0.29) is 30.5 Å². The molecular formula is C17H28O5. The number of ether oxygens (including phenoxy) is 4. The van der Waals surface area contributed by atoms with Crippen LogP contribution in [0.3, 0.4) is 0 Å². The molecule has 0 aromatic heterocycles. The molecule has 2 aliphatic rings. The van der Waals surface area contributed by atoms with Crippen LogP contribution in [0.1, 0.15) is 52.9 Å². The SMILES string of the molecule is CCCCC/C=C\C1O[C@@H]2OC(C)(C)O[C@@H]2[C@@H]1CC(=O)OC. The van der Waals surface area contributed by atoms with Gasteiger partial charge in [0.25, 0.3) is 0 Å². The molecule has 5 heteroatoms. The maximum Gasteiger partial charge on any atom is 0.306 e. The molecular weight excluding hydrogens is 284 g/mol. The first-order valence-electron chi connectivity index (χ1n) is 8.21. The zero-order valence-electron chi connectivity index (χ0n) is 14.0. The largest absolute Gasteiger partial charge is 0.469 e. The number of unbranched alkanes of at least 4 members (excludes halogenated alkanes) is 3. The molecule has 0 bridgehead atoms. The summed E-state index contributed by atoms with van der Waals surface area (Å²) in [6, 6.07) is 0. The van der Waals surface area contributed by atoms with Crippen molar-refractivity contribution in [2.45, 2.75) is 77.2 Å². The van der Waals surface area contributed by atoms with Crippen LogP contribution >= 0.6 is 0 Å². The van der Waals surface area contributed by atoms with Crippen LogP contribution in [0.15, 0.2) is 12.2 Å². The van der Waals surface area contributed by atoms with E-state index in [1.165, 1.54) is 26.4 Å². The highest BCUT2D eigenvalue weighted by atomic mass is 16.8. The van der Waals surface area contributed by atoms with Gasteiger partial charge in [0.2, 0.25) is 0 Å². The van der Waals surface area contributed by atoms with Crippen molar-refractivity contribution >= 4 is 5.97 Å². The van der Waals surface area contributed by atoms with E-state index in [0.29, 0.717) is 0 Å². The Hall–Kier alpha value is -0.910. The second-order valence-electron chi connectivity index (χ2n) is 6.44. The molecule has 0 radical (unpaired) electrons. The molecule has 0 saturated carbocycles. The van der Waals surface area contributed by atoms with Gasteiger partial charge in [-0.3, -0.25) is 4.79 Å². The monoisotopic (exact) mass is 312 g/mol. The van der Waals surface area contributed by atoms with E-state index in [1.54, 1.807) is 0 Å². The fourth-order valence-electron chi connectivity index (χ4n) is 3.03. The van der Waals surface area contributed by atoms with Gasteiger partial charge in [-0.2, -0.15) is 0 Å². The summed E-state index contributed by atoms with van der Waals surface area (Å²) in [6.45, 7) is 5.91. The molecule has 0 aromatic carbocycles. The molecule has 2 fully saturated rings. The Balaban J connectivity index is 1.98. The molecule has 22 heavy (non-hydrogen) atoms. The Bertz CT molecular complexity index is 404. The van der Waals surface area contributed by atoms with Gasteiger partial charge in [0.15, 0.2) is 12.1 Å². The minimum absolute atomic E-state index is 0.0679. The highest BCUT2D eigenvalue weighted by molar-refractivity contribution is 5.69. The van der Waals surface area contributed by atoms with E-state index in [0.717, 1.165) is 6.42 Å². The highest BCUT2D eigenvalue weighted by Gasteiger charge is 2.54. The molecule has 4 atom stereocenters. The van der Waals surface area contributed by atoms with Crippen LogP contribution in [-0.2, 0) is 23.7 Å².